The van der Waals surface area contributed by atoms with Gasteiger partial charge in [-0.15, -0.1) is 11.3 Å². The normalized spacial score (nSPS) is 16.6. The van der Waals surface area contributed by atoms with Gasteiger partial charge in [-0.3, -0.25) is 9.59 Å². The van der Waals surface area contributed by atoms with Gasteiger partial charge in [0.1, 0.15) is 28.5 Å². The van der Waals surface area contributed by atoms with Crippen molar-refractivity contribution < 1.29 is 33.0 Å². The number of amides is 2. The first-order valence-corrected chi connectivity index (χ1v) is 16.6. The fraction of sp³-hybridized carbons (Fsp3) is 0.361. The molecule has 11 heteroatoms. The van der Waals surface area contributed by atoms with Gasteiger partial charge in [0.2, 0.25) is 0 Å². The number of aldehydes is 1. The highest BCUT2D eigenvalue weighted by molar-refractivity contribution is 7.21. The molecular formula is C36H37ClF2N2O5S. The van der Waals surface area contributed by atoms with Gasteiger partial charge in [0.25, 0.3) is 5.91 Å². The van der Waals surface area contributed by atoms with Gasteiger partial charge in [-0.1, -0.05) is 62.7 Å². The fourth-order valence-corrected chi connectivity index (χ4v) is 7.80. The summed E-state index contributed by atoms with van der Waals surface area (Å²) in [7, 11) is 1.54. The monoisotopic (exact) mass is 682 g/mol. The molecule has 1 aromatic heterocycles. The van der Waals surface area contributed by atoms with E-state index in [4.69, 9.17) is 16.3 Å². The molecule has 0 saturated heterocycles. The summed E-state index contributed by atoms with van der Waals surface area (Å²) in [6, 6.07) is 14.2. The average molecular weight is 683 g/mol. The highest BCUT2D eigenvalue weighted by atomic mass is 35.5. The maximum Gasteiger partial charge on any atom is 0.407 e. The van der Waals surface area contributed by atoms with Gasteiger partial charge in [-0.25, -0.2) is 13.6 Å². The minimum absolute atomic E-state index is 0.0281. The Morgan fingerprint density at radius 1 is 0.957 bits per heavy atom. The number of hydrogen-bond donors (Lipinski definition) is 1. The summed E-state index contributed by atoms with van der Waals surface area (Å²) < 4.78 is 35.2. The van der Waals surface area contributed by atoms with E-state index in [-0.39, 0.29) is 44.0 Å². The van der Waals surface area contributed by atoms with Crippen molar-refractivity contribution in [1.82, 2.24) is 9.80 Å². The van der Waals surface area contributed by atoms with Gasteiger partial charge in [-0.05, 0) is 66.5 Å². The van der Waals surface area contributed by atoms with Crippen LogP contribution in [0.5, 0.6) is 5.75 Å². The molecule has 7 nitrogen and oxygen atoms in total. The molecule has 3 aromatic carbocycles. The van der Waals surface area contributed by atoms with Crippen molar-refractivity contribution in [3.05, 3.63) is 87.3 Å². The molecule has 0 bridgehead atoms. The summed E-state index contributed by atoms with van der Waals surface area (Å²) >= 11 is 7.42. The molecule has 1 N–H and O–H groups in total. The zero-order chi connectivity index (χ0) is 34.0. The Bertz CT molecular complexity index is 1800. The van der Waals surface area contributed by atoms with Crippen LogP contribution >= 0.6 is 22.9 Å². The predicted octanol–water partition coefficient (Wildman–Crippen LogP) is 9.30. The van der Waals surface area contributed by atoms with Crippen molar-refractivity contribution in [2.75, 3.05) is 13.7 Å². The Hall–Kier alpha value is -4.02. The molecule has 0 atom stereocenters. The molecule has 0 radical (unpaired) electrons. The van der Waals surface area contributed by atoms with Crippen LogP contribution in [-0.2, 0) is 6.54 Å². The fourth-order valence-electron chi connectivity index (χ4n) is 6.30. The number of rotatable bonds is 9. The summed E-state index contributed by atoms with van der Waals surface area (Å²) in [6.07, 6.45) is 1.92. The summed E-state index contributed by atoms with van der Waals surface area (Å²) in [5.41, 5.74) is 2.73. The molecule has 47 heavy (non-hydrogen) atoms. The molecule has 0 spiro atoms. The van der Waals surface area contributed by atoms with Crippen LogP contribution in [0.3, 0.4) is 0 Å². The zero-order valence-electron chi connectivity index (χ0n) is 26.7. The molecule has 1 heterocycles. The highest BCUT2D eigenvalue weighted by Gasteiger charge is 2.36. The molecule has 0 aliphatic heterocycles. The maximum absolute atomic E-state index is 14.8. The molecular weight excluding hydrogens is 646 g/mol. The lowest BCUT2D eigenvalue weighted by Crippen LogP contribution is -2.49. The quantitative estimate of drug-likeness (QED) is 0.178. The molecule has 1 aliphatic carbocycles. The van der Waals surface area contributed by atoms with Crippen LogP contribution in [0.25, 0.3) is 21.2 Å². The Kier molecular flexibility index (Phi) is 10.2. The van der Waals surface area contributed by atoms with Crippen LogP contribution < -0.4 is 4.74 Å². The number of thiophene rings is 1. The van der Waals surface area contributed by atoms with E-state index in [2.05, 4.69) is 0 Å². The van der Waals surface area contributed by atoms with Gasteiger partial charge in [-0.2, -0.15) is 0 Å². The van der Waals surface area contributed by atoms with E-state index in [1.54, 1.807) is 24.1 Å². The molecule has 5 rings (SSSR count). The van der Waals surface area contributed by atoms with Crippen molar-refractivity contribution >= 4 is 51.3 Å². The predicted molar refractivity (Wildman–Crippen MR) is 181 cm³/mol. The number of carboxylic acid groups (broad SMARTS) is 1. The number of carbonyl (C=O) groups is 3. The molecule has 2 amide bonds. The SMILES string of the molecule is COc1ccc(-c2ccc(C=O)cc2)cc1CN(C(=O)c1sc2c(F)ccc(F)c2c1Cl)C1CCC(N(CC(C)(C)C)C(=O)O)CC1. The summed E-state index contributed by atoms with van der Waals surface area (Å²) in [6.45, 7) is 6.47. The first-order valence-electron chi connectivity index (χ1n) is 15.4. The van der Waals surface area contributed by atoms with Crippen LogP contribution in [-0.4, -0.2) is 58.9 Å². The average Bonchev–Trinajstić information content (AvgIpc) is 3.41. The topological polar surface area (TPSA) is 87.2 Å². The van der Waals surface area contributed by atoms with E-state index in [1.165, 1.54) is 4.90 Å². The molecule has 4 aromatic rings. The van der Waals surface area contributed by atoms with Crippen molar-refractivity contribution in [1.29, 1.82) is 0 Å². The van der Waals surface area contributed by atoms with E-state index in [9.17, 15) is 28.3 Å². The second-order valence-electron chi connectivity index (χ2n) is 13.1. The second kappa shape index (κ2) is 14.0. The molecule has 248 valence electrons. The molecule has 1 aliphatic rings. The number of carbonyl (C=O) groups excluding carboxylic acids is 2. The van der Waals surface area contributed by atoms with Crippen LogP contribution in [0.1, 0.15) is 72.0 Å². The van der Waals surface area contributed by atoms with Crippen LogP contribution in [0, 0.1) is 17.0 Å². The van der Waals surface area contributed by atoms with Crippen molar-refractivity contribution in [3.8, 4) is 16.9 Å². The lowest BCUT2D eigenvalue weighted by atomic mass is 9.87. The van der Waals surface area contributed by atoms with Crippen molar-refractivity contribution in [3.63, 3.8) is 0 Å². The van der Waals surface area contributed by atoms with E-state index in [0.717, 1.165) is 40.9 Å². The summed E-state index contributed by atoms with van der Waals surface area (Å²) in [5, 5.41) is 9.74. The minimum atomic E-state index is -0.972. The van der Waals surface area contributed by atoms with E-state index >= 15 is 0 Å². The van der Waals surface area contributed by atoms with Crippen LogP contribution in [0.2, 0.25) is 5.02 Å². The lowest BCUT2D eigenvalue weighted by molar-refractivity contribution is 0.0492. The minimum Gasteiger partial charge on any atom is -0.496 e. The van der Waals surface area contributed by atoms with Crippen molar-refractivity contribution in [2.24, 2.45) is 5.41 Å². The maximum atomic E-state index is 14.8. The highest BCUT2D eigenvalue weighted by Crippen LogP contribution is 2.41. The first-order chi connectivity index (χ1) is 22.3. The van der Waals surface area contributed by atoms with Gasteiger partial charge in [0, 0.05) is 36.3 Å². The Morgan fingerprint density at radius 2 is 1.55 bits per heavy atom. The number of fused-ring (bicyclic) bond motifs is 1. The Morgan fingerprint density at radius 3 is 2.11 bits per heavy atom. The number of ether oxygens (including phenoxy) is 1. The summed E-state index contributed by atoms with van der Waals surface area (Å²) in [4.78, 5) is 41.0. The molecule has 1 saturated carbocycles. The largest absolute Gasteiger partial charge is 0.496 e. The number of nitrogens with zero attached hydrogens (tertiary/aromatic N) is 2. The van der Waals surface area contributed by atoms with E-state index < -0.39 is 23.6 Å². The van der Waals surface area contributed by atoms with E-state index in [1.807, 2.05) is 51.1 Å². The van der Waals surface area contributed by atoms with Crippen LogP contribution in [0.15, 0.2) is 54.6 Å². The number of halogens is 3. The number of methoxy groups -OCH3 is 1. The number of benzene rings is 3. The van der Waals surface area contributed by atoms with Crippen molar-refractivity contribution in [2.45, 2.75) is 65.1 Å². The van der Waals surface area contributed by atoms with Gasteiger partial charge in [0.05, 0.1) is 22.2 Å². The molecule has 0 unspecified atom stereocenters. The third kappa shape index (κ3) is 7.44. The van der Waals surface area contributed by atoms with Crippen LogP contribution in [0.4, 0.5) is 13.6 Å². The van der Waals surface area contributed by atoms with Gasteiger partial charge >= 0.3 is 6.09 Å². The summed E-state index contributed by atoms with van der Waals surface area (Å²) in [5.74, 6) is -1.30. The smallest absolute Gasteiger partial charge is 0.407 e. The lowest BCUT2D eigenvalue weighted by Gasteiger charge is -2.41. The second-order valence-corrected chi connectivity index (χ2v) is 14.5. The third-order valence-electron chi connectivity index (χ3n) is 8.58. The third-order valence-corrected chi connectivity index (χ3v) is 10.3. The number of hydrogen-bond acceptors (Lipinski definition) is 5. The molecule has 1 fully saturated rings. The first kappa shape index (κ1) is 34.3. The van der Waals surface area contributed by atoms with Gasteiger partial charge in [0.15, 0.2) is 0 Å². The Labute approximate surface area is 281 Å². The van der Waals surface area contributed by atoms with E-state index in [0.29, 0.717) is 49.1 Å². The Balaban J connectivity index is 1.52. The zero-order valence-corrected chi connectivity index (χ0v) is 28.3. The standard InChI is InChI=1S/C36H37ClF2N2O5S/c1-36(2,3)20-41(35(44)45)26-12-10-25(11-13-26)40(34(43)33-31(37)30-27(38)14-15-28(39)32(30)47-33)18-24-17-23(9-16-29(24)46-4)22-7-5-21(19-42)6-8-22/h5-9,14-17,19,25-26H,10-13,18,20H2,1-4H3,(H,44,45). The van der Waals surface area contributed by atoms with Gasteiger partial charge < -0.3 is 19.6 Å².